The minimum atomic E-state index is 0.0746. The molecule has 0 aromatic carbocycles. The Balaban J connectivity index is 1.57. The van der Waals surface area contributed by atoms with Gasteiger partial charge in [0.05, 0.1) is 17.8 Å². The molecular weight excluding hydrogens is 302 g/mol. The van der Waals surface area contributed by atoms with Crippen LogP contribution in [0.5, 0.6) is 0 Å². The first-order valence-electron chi connectivity index (χ1n) is 9.30. The molecule has 1 amide bonds. The summed E-state index contributed by atoms with van der Waals surface area (Å²) >= 11 is 0. The van der Waals surface area contributed by atoms with Crippen LogP contribution >= 0.6 is 0 Å². The average molecular weight is 331 g/mol. The molecule has 1 aliphatic heterocycles. The fourth-order valence-electron chi connectivity index (χ4n) is 3.63. The molecule has 0 unspecified atom stereocenters. The van der Waals surface area contributed by atoms with Gasteiger partial charge < -0.3 is 15.0 Å². The van der Waals surface area contributed by atoms with Crippen LogP contribution in [0.4, 0.5) is 5.82 Å². The largest absolute Gasteiger partial charge is 0.375 e. The Morgan fingerprint density at radius 3 is 2.54 bits per heavy atom. The van der Waals surface area contributed by atoms with E-state index >= 15 is 0 Å². The van der Waals surface area contributed by atoms with Crippen LogP contribution in [-0.4, -0.2) is 47.1 Å². The maximum absolute atomic E-state index is 12.9. The number of ether oxygens (including phenoxy) is 1. The SMILES string of the molecule is CC(C)Nc1ncccc1C(=O)N1CCC(OC2CCCC2)CC1. The summed E-state index contributed by atoms with van der Waals surface area (Å²) in [6, 6.07) is 3.94. The molecule has 1 aromatic rings. The van der Waals surface area contributed by atoms with Gasteiger partial charge in [-0.2, -0.15) is 0 Å². The second-order valence-corrected chi connectivity index (χ2v) is 7.23. The lowest BCUT2D eigenvalue weighted by atomic mass is 10.1. The first kappa shape index (κ1) is 17.2. The van der Waals surface area contributed by atoms with Crippen molar-refractivity contribution in [3.8, 4) is 0 Å². The van der Waals surface area contributed by atoms with Crippen LogP contribution in [0.3, 0.4) is 0 Å². The molecule has 0 atom stereocenters. The van der Waals surface area contributed by atoms with Crippen molar-refractivity contribution < 1.29 is 9.53 Å². The van der Waals surface area contributed by atoms with Crippen molar-refractivity contribution in [3.05, 3.63) is 23.9 Å². The highest BCUT2D eigenvalue weighted by molar-refractivity contribution is 5.98. The second-order valence-electron chi connectivity index (χ2n) is 7.23. The predicted molar refractivity (Wildman–Crippen MR) is 95.3 cm³/mol. The highest BCUT2D eigenvalue weighted by Gasteiger charge is 2.28. The van der Waals surface area contributed by atoms with E-state index < -0.39 is 0 Å². The van der Waals surface area contributed by atoms with Gasteiger partial charge in [0.1, 0.15) is 5.82 Å². The molecule has 1 aliphatic carbocycles. The maximum atomic E-state index is 12.9. The number of hydrogen-bond donors (Lipinski definition) is 1. The molecule has 2 fully saturated rings. The summed E-state index contributed by atoms with van der Waals surface area (Å²) in [6.07, 6.45) is 9.40. The maximum Gasteiger partial charge on any atom is 0.257 e. The predicted octanol–water partition coefficient (Wildman–Crippen LogP) is 3.47. The van der Waals surface area contributed by atoms with Gasteiger partial charge in [-0.1, -0.05) is 12.8 Å². The molecule has 5 heteroatoms. The Labute approximate surface area is 144 Å². The molecular formula is C19H29N3O2. The van der Waals surface area contributed by atoms with Gasteiger partial charge in [-0.15, -0.1) is 0 Å². The zero-order chi connectivity index (χ0) is 16.9. The number of rotatable bonds is 5. The van der Waals surface area contributed by atoms with E-state index in [9.17, 15) is 4.79 Å². The third kappa shape index (κ3) is 4.26. The van der Waals surface area contributed by atoms with Crippen molar-refractivity contribution in [2.75, 3.05) is 18.4 Å². The van der Waals surface area contributed by atoms with E-state index in [0.29, 0.717) is 23.6 Å². The standard InChI is InChI=1S/C19H29N3O2/c1-14(2)21-18-17(8-5-11-20-18)19(23)22-12-9-16(10-13-22)24-15-6-3-4-7-15/h5,8,11,14-16H,3-4,6-7,9-10,12-13H2,1-2H3,(H,20,21). The molecule has 5 nitrogen and oxygen atoms in total. The van der Waals surface area contributed by atoms with Crippen LogP contribution < -0.4 is 5.32 Å². The Bertz CT molecular complexity index is 547. The Morgan fingerprint density at radius 1 is 1.21 bits per heavy atom. The molecule has 1 aromatic heterocycles. The summed E-state index contributed by atoms with van der Waals surface area (Å²) in [4.78, 5) is 19.1. The lowest BCUT2D eigenvalue weighted by Gasteiger charge is -2.33. The van der Waals surface area contributed by atoms with Gasteiger partial charge >= 0.3 is 0 Å². The third-order valence-electron chi connectivity index (χ3n) is 4.88. The van der Waals surface area contributed by atoms with E-state index in [0.717, 1.165) is 25.9 Å². The Hall–Kier alpha value is -1.62. The second kappa shape index (κ2) is 7.97. The number of aromatic nitrogens is 1. The molecule has 2 heterocycles. The monoisotopic (exact) mass is 331 g/mol. The zero-order valence-electron chi connectivity index (χ0n) is 14.8. The van der Waals surface area contributed by atoms with Crippen molar-refractivity contribution in [1.82, 2.24) is 9.88 Å². The van der Waals surface area contributed by atoms with E-state index in [4.69, 9.17) is 4.74 Å². The van der Waals surface area contributed by atoms with Crippen molar-refractivity contribution in [1.29, 1.82) is 0 Å². The minimum absolute atomic E-state index is 0.0746. The Kier molecular flexibility index (Phi) is 5.72. The fourth-order valence-corrected chi connectivity index (χ4v) is 3.63. The zero-order valence-corrected chi connectivity index (χ0v) is 14.8. The number of nitrogens with zero attached hydrogens (tertiary/aromatic N) is 2. The van der Waals surface area contributed by atoms with E-state index in [2.05, 4.69) is 24.1 Å². The quantitative estimate of drug-likeness (QED) is 0.898. The molecule has 1 saturated carbocycles. The molecule has 0 bridgehead atoms. The van der Waals surface area contributed by atoms with Crippen molar-refractivity contribution in [3.63, 3.8) is 0 Å². The fraction of sp³-hybridized carbons (Fsp3) is 0.684. The molecule has 1 saturated heterocycles. The van der Waals surface area contributed by atoms with E-state index in [1.165, 1.54) is 25.7 Å². The lowest BCUT2D eigenvalue weighted by molar-refractivity contribution is -0.0357. The minimum Gasteiger partial charge on any atom is -0.375 e. The van der Waals surface area contributed by atoms with Gasteiger partial charge in [0, 0.05) is 25.3 Å². The number of carbonyl (C=O) groups excluding carboxylic acids is 1. The van der Waals surface area contributed by atoms with Crippen LogP contribution in [-0.2, 0) is 4.74 Å². The first-order valence-corrected chi connectivity index (χ1v) is 9.30. The third-order valence-corrected chi connectivity index (χ3v) is 4.88. The van der Waals surface area contributed by atoms with Crippen LogP contribution in [0.2, 0.25) is 0 Å². The highest BCUT2D eigenvalue weighted by Crippen LogP contribution is 2.26. The molecule has 0 radical (unpaired) electrons. The van der Waals surface area contributed by atoms with Crippen LogP contribution in [0.25, 0.3) is 0 Å². The molecule has 1 N–H and O–H groups in total. The van der Waals surface area contributed by atoms with Crippen molar-refractivity contribution in [2.24, 2.45) is 0 Å². The normalized spacial score (nSPS) is 19.9. The van der Waals surface area contributed by atoms with E-state index in [1.54, 1.807) is 6.20 Å². The summed E-state index contributed by atoms with van der Waals surface area (Å²) in [6.45, 7) is 5.64. The van der Waals surface area contributed by atoms with Gasteiger partial charge in [-0.05, 0) is 51.7 Å². The molecule has 24 heavy (non-hydrogen) atoms. The van der Waals surface area contributed by atoms with Gasteiger partial charge in [0.15, 0.2) is 0 Å². The topological polar surface area (TPSA) is 54.5 Å². The van der Waals surface area contributed by atoms with E-state index in [1.807, 2.05) is 17.0 Å². The number of amides is 1. The van der Waals surface area contributed by atoms with Gasteiger partial charge in [0.2, 0.25) is 0 Å². The molecule has 0 spiro atoms. The number of anilines is 1. The summed E-state index contributed by atoms with van der Waals surface area (Å²) < 4.78 is 6.20. The summed E-state index contributed by atoms with van der Waals surface area (Å²) in [7, 11) is 0. The molecule has 2 aliphatic rings. The van der Waals surface area contributed by atoms with Gasteiger partial charge in [-0.3, -0.25) is 4.79 Å². The number of piperidine rings is 1. The average Bonchev–Trinajstić information content (AvgIpc) is 3.08. The first-order chi connectivity index (χ1) is 11.6. The lowest BCUT2D eigenvalue weighted by Crippen LogP contribution is -2.42. The number of pyridine rings is 1. The summed E-state index contributed by atoms with van der Waals surface area (Å²) in [5.41, 5.74) is 0.668. The van der Waals surface area contributed by atoms with Crippen LogP contribution in [0.1, 0.15) is 62.7 Å². The number of carbonyl (C=O) groups is 1. The van der Waals surface area contributed by atoms with Crippen molar-refractivity contribution >= 4 is 11.7 Å². The number of nitrogens with one attached hydrogen (secondary N) is 1. The van der Waals surface area contributed by atoms with Crippen molar-refractivity contribution in [2.45, 2.75) is 70.6 Å². The smallest absolute Gasteiger partial charge is 0.257 e. The van der Waals surface area contributed by atoms with Gasteiger partial charge in [-0.25, -0.2) is 4.98 Å². The molecule has 3 rings (SSSR count). The van der Waals surface area contributed by atoms with E-state index in [-0.39, 0.29) is 11.9 Å². The number of likely N-dealkylation sites (tertiary alicyclic amines) is 1. The molecule has 132 valence electrons. The Morgan fingerprint density at radius 2 is 1.88 bits per heavy atom. The van der Waals surface area contributed by atoms with Gasteiger partial charge in [0.25, 0.3) is 5.91 Å². The summed E-state index contributed by atoms with van der Waals surface area (Å²) in [5.74, 6) is 0.757. The van der Waals surface area contributed by atoms with Crippen LogP contribution in [0, 0.1) is 0 Å². The summed E-state index contributed by atoms with van der Waals surface area (Å²) in [5, 5.41) is 3.27. The number of hydrogen-bond acceptors (Lipinski definition) is 4. The van der Waals surface area contributed by atoms with Crippen LogP contribution in [0.15, 0.2) is 18.3 Å². The highest BCUT2D eigenvalue weighted by atomic mass is 16.5.